The van der Waals surface area contributed by atoms with Crippen molar-refractivity contribution in [1.82, 2.24) is 0 Å². The molecule has 72 heavy (non-hydrogen) atoms. The Labute approximate surface area is 435 Å². The van der Waals surface area contributed by atoms with Crippen LogP contribution >= 0.6 is 0 Å². The third-order valence-electron chi connectivity index (χ3n) is 14.0. The first-order valence-corrected chi connectivity index (χ1v) is 24.6. The SMILES string of the molecule is Cc1cc[c-]cc1.[Ir+3].[O-]c1c(C=N[C@H]2CCCC[C@@H]2N=Cc2cc3ccccc3c(-c3c(-c4ccccc4)ccc4ccccc34)c2[O-])cc2ccccc2c1-c1c(-c2ccccc2)ccc2ccccc12. The largest absolute Gasteiger partial charge is 3.00 e. The first-order chi connectivity index (χ1) is 35.0. The van der Waals surface area contributed by atoms with Gasteiger partial charge in [0.2, 0.25) is 0 Å². The van der Waals surface area contributed by atoms with Crippen LogP contribution in [0.5, 0.6) is 11.5 Å². The quantitative estimate of drug-likeness (QED) is 0.112. The summed E-state index contributed by atoms with van der Waals surface area (Å²) in [5, 5.41) is 38.1. The summed E-state index contributed by atoms with van der Waals surface area (Å²) < 4.78 is 0. The van der Waals surface area contributed by atoms with Gasteiger partial charge in [-0.05, 0) is 124 Å². The van der Waals surface area contributed by atoms with Gasteiger partial charge in [-0.1, -0.05) is 213 Å². The van der Waals surface area contributed by atoms with Crippen LogP contribution in [-0.2, 0) is 20.1 Å². The Balaban J connectivity index is 0.000000689. The van der Waals surface area contributed by atoms with Gasteiger partial charge in [0.1, 0.15) is 0 Å². The standard InChI is InChI=1S/C60H46N2O2.C7H7.Ir/c63-59-45(35-43-23-9-13-27-49(43)57(59)55-47-25-11-7-21-41(47)31-33-51(55)39-17-3-1-4-18-39)37-61-53-29-15-16-30-54(53)62-38-46-36-44-24-10-14-28-50(44)58(60(46)64)56-48-26-12-8-22-42(48)32-34-52(56)40-19-5-2-6-20-40;1-7-5-3-2-4-6-7;/h1-14,17-28,31-38,53-54,63-64H,15-16,29-30H2;3-6H,1H3;/q;-1;+3/p-2/t53-,54-;;/m0../s1. The predicted octanol–water partition coefficient (Wildman–Crippen LogP) is 15.8. The van der Waals surface area contributed by atoms with Gasteiger partial charge in [0.15, 0.2) is 0 Å². The zero-order chi connectivity index (χ0) is 48.1. The van der Waals surface area contributed by atoms with E-state index in [2.05, 4.69) is 110 Å². The van der Waals surface area contributed by atoms with Gasteiger partial charge in [-0.3, -0.25) is 9.98 Å². The topological polar surface area (TPSA) is 70.8 Å². The number of fused-ring (bicyclic) bond motifs is 4. The maximum absolute atomic E-state index is 15.0. The fourth-order valence-corrected chi connectivity index (χ4v) is 10.4. The Kier molecular flexibility index (Phi) is 14.3. The van der Waals surface area contributed by atoms with Crippen molar-refractivity contribution in [2.75, 3.05) is 0 Å². The monoisotopic (exact) mass is 1110 g/mol. The van der Waals surface area contributed by atoms with E-state index in [0.717, 1.165) is 102 Å². The van der Waals surface area contributed by atoms with E-state index in [1.165, 1.54) is 5.56 Å². The summed E-state index contributed by atoms with van der Waals surface area (Å²) in [5.74, 6) is -0.0929. The van der Waals surface area contributed by atoms with E-state index in [9.17, 15) is 0 Å². The number of nitrogens with zero attached hydrogens (tertiary/aromatic N) is 2. The van der Waals surface area contributed by atoms with Crippen molar-refractivity contribution in [2.24, 2.45) is 9.98 Å². The van der Waals surface area contributed by atoms with Gasteiger partial charge in [0.25, 0.3) is 0 Å². The molecule has 0 unspecified atom stereocenters. The zero-order valence-electron chi connectivity index (χ0n) is 40.0. The van der Waals surface area contributed by atoms with Crippen LogP contribution in [0.3, 0.4) is 0 Å². The Morgan fingerprint density at radius 3 is 1.17 bits per heavy atom. The fourth-order valence-electron chi connectivity index (χ4n) is 10.4. The Morgan fingerprint density at radius 1 is 0.417 bits per heavy atom. The molecule has 0 aliphatic heterocycles. The van der Waals surface area contributed by atoms with Gasteiger partial charge in [-0.25, -0.2) is 0 Å². The molecule has 4 nitrogen and oxygen atoms in total. The van der Waals surface area contributed by atoms with Crippen molar-refractivity contribution in [3.63, 3.8) is 0 Å². The second kappa shape index (κ2) is 21.6. The summed E-state index contributed by atoms with van der Waals surface area (Å²) in [6.07, 6.45) is 7.32. The van der Waals surface area contributed by atoms with Crippen LogP contribution in [0.4, 0.5) is 0 Å². The minimum atomic E-state index is -0.144. The summed E-state index contributed by atoms with van der Waals surface area (Å²) in [6, 6.07) is 76.6. The van der Waals surface area contributed by atoms with Crippen LogP contribution in [0.2, 0.25) is 0 Å². The van der Waals surface area contributed by atoms with E-state index in [1.54, 1.807) is 12.4 Å². The Bertz CT molecular complexity index is 3530. The molecule has 350 valence electrons. The normalized spacial score (nSPS) is 14.7. The van der Waals surface area contributed by atoms with Gasteiger partial charge in [0.05, 0.1) is 12.1 Å². The molecule has 0 N–H and O–H groups in total. The van der Waals surface area contributed by atoms with Gasteiger partial charge >= 0.3 is 20.1 Å². The number of hydrogen-bond acceptors (Lipinski definition) is 4. The molecule has 1 fully saturated rings. The first kappa shape index (κ1) is 47.7. The second-order valence-electron chi connectivity index (χ2n) is 18.5. The summed E-state index contributed by atoms with van der Waals surface area (Å²) in [5.41, 5.74) is 9.79. The maximum Gasteiger partial charge on any atom is 3.00 e. The molecular weight excluding hydrogens is 1060 g/mol. The summed E-state index contributed by atoms with van der Waals surface area (Å²) >= 11 is 0. The smallest absolute Gasteiger partial charge is 0.872 e. The summed E-state index contributed by atoms with van der Waals surface area (Å²) in [7, 11) is 0. The molecule has 0 radical (unpaired) electrons. The number of hydrogen-bond donors (Lipinski definition) is 0. The zero-order valence-corrected chi connectivity index (χ0v) is 42.4. The molecule has 0 bridgehead atoms. The predicted molar refractivity (Wildman–Crippen MR) is 295 cm³/mol. The third-order valence-corrected chi connectivity index (χ3v) is 14.0. The van der Waals surface area contributed by atoms with E-state index >= 15 is 10.2 Å². The molecule has 0 aromatic heterocycles. The van der Waals surface area contributed by atoms with Crippen LogP contribution in [-0.4, -0.2) is 24.5 Å². The van der Waals surface area contributed by atoms with Crippen LogP contribution in [0, 0.1) is 13.0 Å². The molecule has 1 aliphatic carbocycles. The van der Waals surface area contributed by atoms with Crippen molar-refractivity contribution in [1.29, 1.82) is 0 Å². The van der Waals surface area contributed by atoms with E-state index < -0.39 is 0 Å². The molecule has 5 heteroatoms. The average Bonchev–Trinajstić information content (AvgIpc) is 3.42. The fraction of sp³-hybridized carbons (Fsp3) is 0.104. The van der Waals surface area contributed by atoms with Crippen LogP contribution in [0.25, 0.3) is 87.6 Å². The molecular formula is C67H51IrN2O2. The van der Waals surface area contributed by atoms with Gasteiger partial charge in [-0.2, -0.15) is 35.9 Å². The van der Waals surface area contributed by atoms with Gasteiger partial charge < -0.3 is 10.2 Å². The van der Waals surface area contributed by atoms with Crippen LogP contribution in [0.1, 0.15) is 42.4 Å². The van der Waals surface area contributed by atoms with E-state index in [0.29, 0.717) is 22.3 Å². The number of rotatable bonds is 8. The van der Waals surface area contributed by atoms with E-state index in [-0.39, 0.29) is 43.7 Å². The molecule has 1 aliphatic rings. The molecule has 1 saturated carbocycles. The minimum Gasteiger partial charge on any atom is -0.872 e. The second-order valence-corrected chi connectivity index (χ2v) is 18.5. The van der Waals surface area contributed by atoms with Crippen LogP contribution in [0.15, 0.2) is 228 Å². The molecule has 0 saturated heterocycles. The van der Waals surface area contributed by atoms with Crippen LogP contribution < -0.4 is 10.2 Å². The molecule has 0 spiro atoms. The maximum atomic E-state index is 15.0. The van der Waals surface area contributed by atoms with Crippen molar-refractivity contribution in [3.05, 3.63) is 241 Å². The van der Waals surface area contributed by atoms with Crippen molar-refractivity contribution >= 4 is 55.5 Å². The molecule has 0 heterocycles. The number of aliphatic imine (C=N–C) groups is 2. The molecule has 12 rings (SSSR count). The van der Waals surface area contributed by atoms with E-state index in [1.807, 2.05) is 121 Å². The summed E-state index contributed by atoms with van der Waals surface area (Å²) in [4.78, 5) is 10.4. The molecule has 0 amide bonds. The third kappa shape index (κ3) is 9.62. The minimum absolute atomic E-state index is 0. The van der Waals surface area contributed by atoms with Crippen molar-refractivity contribution in [2.45, 2.75) is 44.7 Å². The van der Waals surface area contributed by atoms with Gasteiger partial charge in [0, 0.05) is 12.4 Å². The Hall–Kier alpha value is -7.95. The summed E-state index contributed by atoms with van der Waals surface area (Å²) in [6.45, 7) is 2.06. The van der Waals surface area contributed by atoms with Gasteiger partial charge in [-0.15, -0.1) is 0 Å². The average molecular weight is 1110 g/mol. The Morgan fingerprint density at radius 2 is 0.778 bits per heavy atom. The van der Waals surface area contributed by atoms with Crippen molar-refractivity contribution < 1.29 is 30.3 Å². The molecule has 2 atom stereocenters. The number of aryl methyl sites for hydroxylation is 1. The first-order valence-electron chi connectivity index (χ1n) is 24.6. The number of benzene rings is 11. The van der Waals surface area contributed by atoms with Crippen molar-refractivity contribution in [3.8, 4) is 56.0 Å². The van der Waals surface area contributed by atoms with E-state index in [4.69, 9.17) is 9.98 Å². The molecule has 11 aromatic carbocycles. The molecule has 11 aromatic rings.